The quantitative estimate of drug-likeness (QED) is 0.421. The van der Waals surface area contributed by atoms with Crippen molar-refractivity contribution in [3.8, 4) is 0 Å². The molecule has 0 aliphatic carbocycles. The topological polar surface area (TPSA) is 66.9 Å². The molecule has 3 aliphatic heterocycles. The summed E-state index contributed by atoms with van der Waals surface area (Å²) in [4.78, 5) is 45.0. The molecular weight excluding hydrogens is 452 g/mol. The minimum absolute atomic E-state index is 0.277. The molecule has 2 fully saturated rings. The highest BCUT2D eigenvalue weighted by molar-refractivity contribution is 6.24. The van der Waals surface area contributed by atoms with Gasteiger partial charge >= 0.3 is 5.97 Å². The summed E-state index contributed by atoms with van der Waals surface area (Å²) in [6.07, 6.45) is 4.26. The zero-order valence-corrected chi connectivity index (χ0v) is 19.9. The Bertz CT molecular complexity index is 1370. The smallest absolute Gasteiger partial charge is 0.327 e. The third-order valence-corrected chi connectivity index (χ3v) is 7.86. The van der Waals surface area contributed by atoms with E-state index in [4.69, 9.17) is 4.74 Å². The van der Waals surface area contributed by atoms with Gasteiger partial charge in [-0.15, -0.1) is 0 Å². The van der Waals surface area contributed by atoms with E-state index in [9.17, 15) is 14.4 Å². The first-order valence-corrected chi connectivity index (χ1v) is 12.1. The summed E-state index contributed by atoms with van der Waals surface area (Å²) in [6, 6.07) is 26.3. The summed E-state index contributed by atoms with van der Waals surface area (Å²) in [6.45, 7) is 0.452. The van der Waals surface area contributed by atoms with Crippen LogP contribution in [-0.2, 0) is 32.1 Å². The second kappa shape index (κ2) is 8.57. The number of amides is 2. The fourth-order valence-electron chi connectivity index (χ4n) is 6.31. The molecule has 36 heavy (non-hydrogen) atoms. The van der Waals surface area contributed by atoms with E-state index in [0.717, 1.165) is 16.7 Å². The largest absolute Gasteiger partial charge is 0.468 e. The predicted octanol–water partition coefficient (Wildman–Crippen LogP) is 3.86. The molecule has 0 spiro atoms. The summed E-state index contributed by atoms with van der Waals surface area (Å²) in [7, 11) is 1.36. The molecule has 0 saturated carbocycles. The van der Waals surface area contributed by atoms with Crippen molar-refractivity contribution in [2.75, 3.05) is 12.0 Å². The number of benzene rings is 3. The van der Waals surface area contributed by atoms with Crippen LogP contribution < -0.4 is 4.90 Å². The van der Waals surface area contributed by atoms with Crippen LogP contribution in [0.5, 0.6) is 0 Å². The normalized spacial score (nSPS) is 27.1. The second-order valence-corrected chi connectivity index (χ2v) is 9.60. The summed E-state index contributed by atoms with van der Waals surface area (Å²) in [5.74, 6) is -2.65. The zero-order chi connectivity index (χ0) is 24.9. The highest BCUT2D eigenvalue weighted by Crippen LogP contribution is 2.54. The first-order valence-electron chi connectivity index (χ1n) is 12.1. The predicted molar refractivity (Wildman–Crippen MR) is 136 cm³/mol. The van der Waals surface area contributed by atoms with Crippen LogP contribution in [0.3, 0.4) is 0 Å². The Morgan fingerprint density at radius 1 is 0.889 bits per heavy atom. The third kappa shape index (κ3) is 3.18. The SMILES string of the molecule is COC(=O)[C@@]12Cc3ccccc3CN1[C@H](/C=C/c1ccccc1)[C@@H]1C(=O)N(c3ccccc3)C(=O)[C@@H]12. The van der Waals surface area contributed by atoms with E-state index < -0.39 is 29.4 Å². The first kappa shape index (κ1) is 22.4. The van der Waals surface area contributed by atoms with E-state index in [1.165, 1.54) is 12.0 Å². The summed E-state index contributed by atoms with van der Waals surface area (Å²) < 4.78 is 5.37. The van der Waals surface area contributed by atoms with Gasteiger partial charge in [-0.05, 0) is 28.8 Å². The van der Waals surface area contributed by atoms with Gasteiger partial charge in [0.15, 0.2) is 0 Å². The fraction of sp³-hybridized carbons (Fsp3) is 0.233. The molecular formula is C30H26N2O4. The number of methoxy groups -OCH3 is 1. The lowest BCUT2D eigenvalue weighted by Crippen LogP contribution is -2.61. The molecule has 3 aromatic rings. The molecule has 6 heteroatoms. The molecule has 3 heterocycles. The Kier molecular flexibility index (Phi) is 5.34. The van der Waals surface area contributed by atoms with Crippen molar-refractivity contribution in [3.63, 3.8) is 0 Å². The van der Waals surface area contributed by atoms with Crippen LogP contribution in [0.1, 0.15) is 16.7 Å². The molecule has 6 nitrogen and oxygen atoms in total. The number of hydrogen-bond donors (Lipinski definition) is 0. The Hall–Kier alpha value is -4.03. The number of esters is 1. The minimum Gasteiger partial charge on any atom is -0.468 e. The molecule has 3 aliphatic rings. The van der Waals surface area contributed by atoms with Crippen LogP contribution >= 0.6 is 0 Å². The first-order chi connectivity index (χ1) is 17.6. The van der Waals surface area contributed by atoms with Crippen molar-refractivity contribution in [1.29, 1.82) is 0 Å². The van der Waals surface area contributed by atoms with Crippen molar-refractivity contribution in [1.82, 2.24) is 4.90 Å². The van der Waals surface area contributed by atoms with Gasteiger partial charge in [0.1, 0.15) is 5.54 Å². The minimum atomic E-state index is -1.27. The summed E-state index contributed by atoms with van der Waals surface area (Å²) in [5.41, 5.74) is 2.34. The lowest BCUT2D eigenvalue weighted by molar-refractivity contribution is -0.160. The summed E-state index contributed by atoms with van der Waals surface area (Å²) >= 11 is 0. The van der Waals surface area contributed by atoms with Crippen LogP contribution in [0.15, 0.2) is 91.0 Å². The number of rotatable bonds is 4. The molecule has 2 amide bonds. The lowest BCUT2D eigenvalue weighted by atomic mass is 9.74. The van der Waals surface area contributed by atoms with Gasteiger partial charge in [-0.1, -0.05) is 84.9 Å². The number of anilines is 1. The van der Waals surface area contributed by atoms with Gasteiger partial charge in [0.25, 0.3) is 0 Å². The number of ether oxygens (including phenoxy) is 1. The molecule has 3 aromatic carbocycles. The third-order valence-electron chi connectivity index (χ3n) is 7.86. The Morgan fingerprint density at radius 3 is 2.22 bits per heavy atom. The van der Waals surface area contributed by atoms with E-state index in [0.29, 0.717) is 18.7 Å². The lowest BCUT2D eigenvalue weighted by Gasteiger charge is -2.44. The van der Waals surface area contributed by atoms with Crippen molar-refractivity contribution >= 4 is 29.5 Å². The van der Waals surface area contributed by atoms with Gasteiger partial charge in [-0.25, -0.2) is 4.90 Å². The van der Waals surface area contributed by atoms with Crippen molar-refractivity contribution < 1.29 is 19.1 Å². The van der Waals surface area contributed by atoms with Crippen LogP contribution in [0.2, 0.25) is 0 Å². The van der Waals surface area contributed by atoms with Gasteiger partial charge in [0.05, 0.1) is 24.6 Å². The maximum absolute atomic E-state index is 14.1. The van der Waals surface area contributed by atoms with Crippen LogP contribution in [-0.4, -0.2) is 41.4 Å². The molecule has 2 saturated heterocycles. The molecule has 180 valence electrons. The second-order valence-electron chi connectivity index (χ2n) is 9.60. The van der Waals surface area contributed by atoms with Gasteiger partial charge < -0.3 is 4.74 Å². The highest BCUT2D eigenvalue weighted by atomic mass is 16.5. The maximum atomic E-state index is 14.1. The van der Waals surface area contributed by atoms with E-state index in [1.54, 1.807) is 24.3 Å². The number of para-hydroxylation sites is 1. The summed E-state index contributed by atoms with van der Waals surface area (Å²) in [5, 5.41) is 0. The van der Waals surface area contributed by atoms with Gasteiger partial charge in [0.2, 0.25) is 11.8 Å². The Labute approximate surface area is 209 Å². The van der Waals surface area contributed by atoms with E-state index in [1.807, 2.05) is 77.7 Å². The molecule has 0 bridgehead atoms. The van der Waals surface area contributed by atoms with Crippen LogP contribution in [0, 0.1) is 11.8 Å². The number of imide groups is 1. The van der Waals surface area contributed by atoms with E-state index in [2.05, 4.69) is 0 Å². The highest BCUT2D eigenvalue weighted by Gasteiger charge is 2.72. The van der Waals surface area contributed by atoms with E-state index >= 15 is 0 Å². The monoisotopic (exact) mass is 478 g/mol. The Balaban J connectivity index is 1.53. The average Bonchev–Trinajstić information content (AvgIpc) is 3.36. The van der Waals surface area contributed by atoms with Gasteiger partial charge in [0, 0.05) is 19.0 Å². The van der Waals surface area contributed by atoms with E-state index in [-0.39, 0.29) is 11.8 Å². The number of hydrogen-bond acceptors (Lipinski definition) is 5. The molecule has 0 unspecified atom stereocenters. The number of nitrogens with zero attached hydrogens (tertiary/aromatic N) is 2. The molecule has 4 atom stereocenters. The molecule has 6 rings (SSSR count). The number of carbonyl (C=O) groups excluding carboxylic acids is 3. The zero-order valence-electron chi connectivity index (χ0n) is 19.9. The van der Waals surface area contributed by atoms with Gasteiger partial charge in [-0.2, -0.15) is 0 Å². The average molecular weight is 479 g/mol. The maximum Gasteiger partial charge on any atom is 0.327 e. The van der Waals surface area contributed by atoms with Crippen molar-refractivity contribution in [2.24, 2.45) is 11.8 Å². The van der Waals surface area contributed by atoms with Crippen LogP contribution in [0.25, 0.3) is 6.08 Å². The fourth-order valence-corrected chi connectivity index (χ4v) is 6.31. The Morgan fingerprint density at radius 2 is 1.53 bits per heavy atom. The van der Waals surface area contributed by atoms with Crippen LogP contribution in [0.4, 0.5) is 5.69 Å². The number of fused-ring (bicyclic) bond motifs is 4. The number of carbonyl (C=O) groups is 3. The standard InChI is InChI=1S/C30H26N2O4/c1-36-29(35)30-18-21-12-8-9-13-22(21)19-31(30)24(17-16-20-10-4-2-5-11-20)25-26(30)28(34)32(27(25)33)23-14-6-3-7-15-23/h2-17,24-26H,18-19H2,1H3/b17-16+/t24-,25+,26-,30+/m1/s1. The van der Waals surface area contributed by atoms with Crippen molar-refractivity contribution in [2.45, 2.75) is 24.5 Å². The molecule has 0 N–H and O–H groups in total. The molecule has 0 aromatic heterocycles. The van der Waals surface area contributed by atoms with Crippen molar-refractivity contribution in [3.05, 3.63) is 108 Å². The molecule has 0 radical (unpaired) electrons. The van der Waals surface area contributed by atoms with Gasteiger partial charge in [-0.3, -0.25) is 19.3 Å².